The summed E-state index contributed by atoms with van der Waals surface area (Å²) in [4.78, 5) is 14.6. The molecule has 2 unspecified atom stereocenters. The number of carbonyl (C=O) groups is 1. The van der Waals surface area contributed by atoms with Gasteiger partial charge in [0.05, 0.1) is 12.7 Å². The summed E-state index contributed by atoms with van der Waals surface area (Å²) in [6.45, 7) is 1.86. The molecule has 0 radical (unpaired) electrons. The molecule has 1 heterocycles. The lowest BCUT2D eigenvalue weighted by molar-refractivity contribution is 0.0780. The molecule has 0 N–H and O–H groups in total. The van der Waals surface area contributed by atoms with E-state index in [1.54, 1.807) is 7.11 Å². The summed E-state index contributed by atoms with van der Waals surface area (Å²) in [5, 5.41) is 0. The molecule has 1 saturated carbocycles. The third-order valence-electron chi connectivity index (χ3n) is 4.60. The maximum Gasteiger partial charge on any atom is 0.257 e. The van der Waals surface area contributed by atoms with Gasteiger partial charge in [-0.25, -0.2) is 0 Å². The van der Waals surface area contributed by atoms with Gasteiger partial charge in [-0.15, -0.1) is 0 Å². The molecule has 0 bridgehead atoms. The van der Waals surface area contributed by atoms with E-state index in [2.05, 4.69) is 0 Å². The highest BCUT2D eigenvalue weighted by molar-refractivity contribution is 5.97. The van der Waals surface area contributed by atoms with Gasteiger partial charge in [0, 0.05) is 13.1 Å². The number of hydrogen-bond acceptors (Lipinski definition) is 2. The number of benzene rings is 1. The number of para-hydroxylation sites is 1. The molecule has 1 aromatic carbocycles. The highest BCUT2D eigenvalue weighted by atomic mass is 16.5. The van der Waals surface area contributed by atoms with Crippen LogP contribution in [0.3, 0.4) is 0 Å². The summed E-state index contributed by atoms with van der Waals surface area (Å²) in [6.07, 6.45) is 5.25. The zero-order chi connectivity index (χ0) is 13.2. The van der Waals surface area contributed by atoms with Gasteiger partial charge in [-0.2, -0.15) is 0 Å². The van der Waals surface area contributed by atoms with Crippen LogP contribution in [0.2, 0.25) is 0 Å². The number of amides is 1. The number of ether oxygens (including phenoxy) is 1. The lowest BCUT2D eigenvalue weighted by atomic mass is 9.82. The second-order valence-corrected chi connectivity index (χ2v) is 5.72. The number of hydrogen-bond donors (Lipinski definition) is 0. The molecule has 1 saturated heterocycles. The quantitative estimate of drug-likeness (QED) is 0.817. The van der Waals surface area contributed by atoms with Crippen LogP contribution in [-0.2, 0) is 0 Å². The Morgan fingerprint density at radius 1 is 1.16 bits per heavy atom. The van der Waals surface area contributed by atoms with Gasteiger partial charge in [0.25, 0.3) is 5.91 Å². The van der Waals surface area contributed by atoms with E-state index < -0.39 is 0 Å². The first-order valence-corrected chi connectivity index (χ1v) is 7.22. The van der Waals surface area contributed by atoms with Gasteiger partial charge < -0.3 is 9.64 Å². The average molecular weight is 259 g/mol. The van der Waals surface area contributed by atoms with E-state index in [0.717, 1.165) is 24.9 Å². The number of carbonyl (C=O) groups excluding carboxylic acids is 1. The van der Waals surface area contributed by atoms with Crippen molar-refractivity contribution in [2.45, 2.75) is 25.7 Å². The van der Waals surface area contributed by atoms with E-state index in [-0.39, 0.29) is 5.91 Å². The summed E-state index contributed by atoms with van der Waals surface area (Å²) in [5.74, 6) is 2.27. The molecular weight excluding hydrogens is 238 g/mol. The van der Waals surface area contributed by atoms with Gasteiger partial charge in [-0.05, 0) is 36.8 Å². The zero-order valence-electron chi connectivity index (χ0n) is 11.5. The minimum absolute atomic E-state index is 0.131. The fraction of sp³-hybridized carbons (Fsp3) is 0.562. The van der Waals surface area contributed by atoms with Crippen molar-refractivity contribution in [2.24, 2.45) is 11.8 Å². The van der Waals surface area contributed by atoms with Crippen LogP contribution >= 0.6 is 0 Å². The van der Waals surface area contributed by atoms with Crippen LogP contribution in [0.25, 0.3) is 0 Å². The van der Waals surface area contributed by atoms with Crippen LogP contribution < -0.4 is 4.74 Å². The lowest BCUT2D eigenvalue weighted by Crippen LogP contribution is -2.29. The monoisotopic (exact) mass is 259 g/mol. The molecular formula is C16H21NO2. The second kappa shape index (κ2) is 5.24. The first-order chi connectivity index (χ1) is 9.29. The predicted octanol–water partition coefficient (Wildman–Crippen LogP) is 2.96. The Labute approximate surface area is 114 Å². The van der Waals surface area contributed by atoms with Crippen molar-refractivity contribution < 1.29 is 9.53 Å². The third-order valence-corrected chi connectivity index (χ3v) is 4.60. The summed E-state index contributed by atoms with van der Waals surface area (Å²) in [5.41, 5.74) is 0.698. The minimum Gasteiger partial charge on any atom is -0.496 e. The molecule has 3 nitrogen and oxygen atoms in total. The van der Waals surface area contributed by atoms with E-state index in [0.29, 0.717) is 11.3 Å². The smallest absolute Gasteiger partial charge is 0.257 e. The van der Waals surface area contributed by atoms with Gasteiger partial charge in [-0.1, -0.05) is 25.0 Å². The van der Waals surface area contributed by atoms with Crippen LogP contribution in [-0.4, -0.2) is 31.0 Å². The Morgan fingerprint density at radius 2 is 1.79 bits per heavy atom. The third kappa shape index (κ3) is 2.34. The molecule has 1 aromatic rings. The first kappa shape index (κ1) is 12.5. The number of fused-ring (bicyclic) bond motifs is 1. The fourth-order valence-corrected chi connectivity index (χ4v) is 3.56. The minimum atomic E-state index is 0.131. The van der Waals surface area contributed by atoms with Gasteiger partial charge in [0.1, 0.15) is 5.75 Å². The lowest BCUT2D eigenvalue weighted by Gasteiger charge is -2.22. The SMILES string of the molecule is COc1ccccc1C(=O)N1CC2CCCCC2C1. The predicted molar refractivity (Wildman–Crippen MR) is 74.3 cm³/mol. The van der Waals surface area contributed by atoms with Gasteiger partial charge >= 0.3 is 0 Å². The molecule has 0 aromatic heterocycles. The van der Waals surface area contributed by atoms with Crippen molar-refractivity contribution in [3.8, 4) is 5.75 Å². The summed E-state index contributed by atoms with van der Waals surface area (Å²) in [7, 11) is 1.62. The largest absolute Gasteiger partial charge is 0.496 e. The highest BCUT2D eigenvalue weighted by Gasteiger charge is 2.37. The molecule has 1 aliphatic heterocycles. The zero-order valence-corrected chi connectivity index (χ0v) is 11.5. The molecule has 3 heteroatoms. The van der Waals surface area contributed by atoms with Crippen LogP contribution in [0.15, 0.2) is 24.3 Å². The standard InChI is InChI=1S/C16H21NO2/c1-19-15-9-5-4-8-14(15)16(18)17-10-12-6-2-3-7-13(12)11-17/h4-5,8-9,12-13H,2-3,6-7,10-11H2,1H3. The molecule has 2 atom stereocenters. The molecule has 2 aliphatic rings. The molecule has 3 rings (SSSR count). The van der Waals surface area contributed by atoms with Crippen LogP contribution in [0.5, 0.6) is 5.75 Å². The van der Waals surface area contributed by atoms with E-state index >= 15 is 0 Å². The number of nitrogens with zero attached hydrogens (tertiary/aromatic N) is 1. The Kier molecular flexibility index (Phi) is 3.45. The highest BCUT2D eigenvalue weighted by Crippen LogP contribution is 2.37. The Hall–Kier alpha value is -1.51. The molecule has 0 spiro atoms. The normalized spacial score (nSPS) is 26.1. The maximum atomic E-state index is 12.6. The van der Waals surface area contributed by atoms with Gasteiger partial charge in [-0.3, -0.25) is 4.79 Å². The number of rotatable bonds is 2. The molecule has 1 aliphatic carbocycles. The topological polar surface area (TPSA) is 29.5 Å². The first-order valence-electron chi connectivity index (χ1n) is 7.22. The van der Waals surface area contributed by atoms with Crippen molar-refractivity contribution >= 4 is 5.91 Å². The Bertz CT molecular complexity index is 458. The van der Waals surface area contributed by atoms with E-state index in [1.165, 1.54) is 25.7 Å². The summed E-state index contributed by atoms with van der Waals surface area (Å²) in [6, 6.07) is 7.53. The second-order valence-electron chi connectivity index (χ2n) is 5.72. The van der Waals surface area contributed by atoms with Crippen molar-refractivity contribution in [2.75, 3.05) is 20.2 Å². The van der Waals surface area contributed by atoms with Crippen molar-refractivity contribution in [1.29, 1.82) is 0 Å². The fourth-order valence-electron chi connectivity index (χ4n) is 3.56. The van der Waals surface area contributed by atoms with Crippen LogP contribution in [0.4, 0.5) is 0 Å². The Balaban J connectivity index is 1.77. The van der Waals surface area contributed by atoms with E-state index in [1.807, 2.05) is 29.2 Å². The molecule has 1 amide bonds. The Morgan fingerprint density at radius 3 is 2.42 bits per heavy atom. The summed E-state index contributed by atoms with van der Waals surface area (Å²) < 4.78 is 5.30. The van der Waals surface area contributed by atoms with Gasteiger partial charge in [0.2, 0.25) is 0 Å². The van der Waals surface area contributed by atoms with E-state index in [4.69, 9.17) is 4.74 Å². The van der Waals surface area contributed by atoms with Crippen molar-refractivity contribution in [1.82, 2.24) is 4.90 Å². The number of likely N-dealkylation sites (tertiary alicyclic amines) is 1. The van der Waals surface area contributed by atoms with E-state index in [9.17, 15) is 4.79 Å². The summed E-state index contributed by atoms with van der Waals surface area (Å²) >= 11 is 0. The van der Waals surface area contributed by atoms with Crippen molar-refractivity contribution in [3.05, 3.63) is 29.8 Å². The molecule has 2 fully saturated rings. The molecule has 19 heavy (non-hydrogen) atoms. The maximum absolute atomic E-state index is 12.6. The van der Waals surface area contributed by atoms with Crippen molar-refractivity contribution in [3.63, 3.8) is 0 Å². The number of methoxy groups -OCH3 is 1. The van der Waals surface area contributed by atoms with Crippen LogP contribution in [0.1, 0.15) is 36.0 Å². The molecule has 102 valence electrons. The average Bonchev–Trinajstić information content (AvgIpc) is 2.90. The van der Waals surface area contributed by atoms with Crippen LogP contribution in [0, 0.1) is 11.8 Å². The van der Waals surface area contributed by atoms with Gasteiger partial charge in [0.15, 0.2) is 0 Å².